The third-order valence-corrected chi connectivity index (χ3v) is 15.0. The molecule has 9 aromatic carbocycles. The van der Waals surface area contributed by atoms with E-state index in [4.69, 9.17) is 5.73 Å². The highest BCUT2D eigenvalue weighted by molar-refractivity contribution is 7.98. The molecule has 12 aromatic rings. The van der Waals surface area contributed by atoms with Gasteiger partial charge < -0.3 is 34.8 Å². The van der Waals surface area contributed by atoms with Crippen LogP contribution in [0.4, 0.5) is 0 Å². The zero-order chi connectivity index (χ0) is 51.3. The van der Waals surface area contributed by atoms with Crippen molar-refractivity contribution in [1.29, 1.82) is 0 Å². The minimum Gasteiger partial charge on any atom is -0.506 e. The molecule has 10 heteroatoms. The topological polar surface area (TPSA) is 105 Å². The maximum Gasteiger partial charge on any atom is 0.144 e. The van der Waals surface area contributed by atoms with E-state index in [0.29, 0.717) is 18.8 Å². The van der Waals surface area contributed by atoms with Gasteiger partial charge in [-0.05, 0) is 98.1 Å². The monoisotopic (exact) mass is 1010 g/mol. The van der Waals surface area contributed by atoms with Crippen molar-refractivity contribution in [2.24, 2.45) is 5.73 Å². The molecule has 0 aliphatic carbocycles. The number of aryl methyl sites for hydroxylation is 2. The number of nitrogens with zero attached hydrogens (tertiary/aromatic N) is 4. The van der Waals surface area contributed by atoms with Crippen LogP contribution in [0.25, 0.3) is 82.5 Å². The van der Waals surface area contributed by atoms with Gasteiger partial charge in [-0.3, -0.25) is 4.90 Å². The van der Waals surface area contributed by atoms with Gasteiger partial charge >= 0.3 is 0 Å². The van der Waals surface area contributed by atoms with Crippen molar-refractivity contribution < 1.29 is 15.3 Å². The third kappa shape index (κ3) is 9.70. The zero-order valence-electron chi connectivity index (χ0n) is 42.2. The number of phenolic OH excluding ortho intramolecular Hbond substituents is 3. The van der Waals surface area contributed by atoms with Crippen LogP contribution in [-0.2, 0) is 13.1 Å². The molecular weight excluding hydrogens is 951 g/mol. The molecule has 3 heterocycles. The second-order valence-corrected chi connectivity index (χ2v) is 20.6. The molecule has 5 N–H and O–H groups in total. The molecule has 0 bridgehead atoms. The summed E-state index contributed by atoms with van der Waals surface area (Å²) in [5.41, 5.74) is 17.9. The number of para-hydroxylation sites is 7. The number of aromatic nitrogens is 3. The molecule has 0 atom stereocenters. The van der Waals surface area contributed by atoms with E-state index in [0.717, 1.165) is 119 Å². The van der Waals surface area contributed by atoms with E-state index in [1.54, 1.807) is 29.6 Å². The van der Waals surface area contributed by atoms with Crippen LogP contribution in [0.5, 0.6) is 17.2 Å². The Bertz CT molecular complexity index is 3790. The van der Waals surface area contributed by atoms with Crippen LogP contribution < -0.4 is 5.73 Å². The summed E-state index contributed by atoms with van der Waals surface area (Å²) in [4.78, 5) is 2.32. The van der Waals surface area contributed by atoms with Crippen molar-refractivity contribution in [3.8, 4) is 34.3 Å². The number of hydrogen-bond acceptors (Lipinski definition) is 7. The molecule has 0 aliphatic rings. The average Bonchev–Trinajstić information content (AvgIpc) is 4.07. The van der Waals surface area contributed by atoms with Gasteiger partial charge in [-0.25, -0.2) is 0 Å². The molecule has 0 amide bonds. The predicted octanol–water partition coefficient (Wildman–Crippen LogP) is 15.1. The van der Waals surface area contributed by atoms with Crippen LogP contribution in [-0.4, -0.2) is 71.0 Å². The Morgan fingerprint density at radius 1 is 0.405 bits per heavy atom. The van der Waals surface area contributed by atoms with Crippen LogP contribution in [0.2, 0.25) is 0 Å². The minimum atomic E-state index is 0.276. The number of thioether (sulfide) groups is 2. The summed E-state index contributed by atoms with van der Waals surface area (Å²) in [5, 5.41) is 41.2. The maximum atomic E-state index is 12.0. The number of nitrogens with two attached hydrogens (primary N) is 1. The second-order valence-electron chi connectivity index (χ2n) is 18.7. The Labute approximate surface area is 440 Å². The van der Waals surface area contributed by atoms with Crippen molar-refractivity contribution in [3.05, 3.63) is 216 Å². The molecule has 0 saturated heterocycles. The zero-order valence-corrected chi connectivity index (χ0v) is 43.9. The smallest absolute Gasteiger partial charge is 0.144 e. The van der Waals surface area contributed by atoms with Crippen molar-refractivity contribution >= 4 is 88.9 Å². The average molecular weight is 1010 g/mol. The number of phenols is 3. The lowest BCUT2D eigenvalue weighted by molar-refractivity contribution is 0.265. The quantitative estimate of drug-likeness (QED) is 0.0966. The van der Waals surface area contributed by atoms with E-state index >= 15 is 0 Å². The fraction of sp³-hybridized carbons (Fsp3) is 0.156. The lowest BCUT2D eigenvalue weighted by Gasteiger charge is -2.25. The predicted molar refractivity (Wildman–Crippen MR) is 317 cm³/mol. The van der Waals surface area contributed by atoms with E-state index in [-0.39, 0.29) is 11.5 Å². The Hall–Kier alpha value is -7.60. The number of fused-ring (bicyclic) bond motifs is 9. The van der Waals surface area contributed by atoms with Crippen LogP contribution in [0.3, 0.4) is 0 Å². The molecule has 0 spiro atoms. The van der Waals surface area contributed by atoms with Gasteiger partial charge in [-0.2, -0.15) is 23.5 Å². The lowest BCUT2D eigenvalue weighted by atomic mass is 10.1. The Kier molecular flexibility index (Phi) is 15.0. The third-order valence-electron chi connectivity index (χ3n) is 13.7. The van der Waals surface area contributed by atoms with E-state index in [1.807, 2.05) is 67.8 Å². The molecule has 372 valence electrons. The molecule has 8 nitrogen and oxygen atoms in total. The van der Waals surface area contributed by atoms with Crippen molar-refractivity contribution in [2.45, 2.75) is 26.9 Å². The van der Waals surface area contributed by atoms with Gasteiger partial charge in [0.05, 0.1) is 50.2 Å². The summed E-state index contributed by atoms with van der Waals surface area (Å²) < 4.78 is 6.48. The summed E-state index contributed by atoms with van der Waals surface area (Å²) in [5.74, 6) is 2.87. The molecule has 0 radical (unpaired) electrons. The minimum absolute atomic E-state index is 0.276. The lowest BCUT2D eigenvalue weighted by Crippen LogP contribution is -2.25. The molecule has 74 heavy (non-hydrogen) atoms. The summed E-state index contributed by atoms with van der Waals surface area (Å²) in [6, 6.07) is 66.0. The second kappa shape index (κ2) is 22.3. The maximum absolute atomic E-state index is 12.0. The van der Waals surface area contributed by atoms with Gasteiger partial charge in [0.2, 0.25) is 0 Å². The van der Waals surface area contributed by atoms with Gasteiger partial charge in [0.1, 0.15) is 17.2 Å². The highest BCUT2D eigenvalue weighted by atomic mass is 32.2. The van der Waals surface area contributed by atoms with Gasteiger partial charge in [0, 0.05) is 81.1 Å². The van der Waals surface area contributed by atoms with Crippen molar-refractivity contribution in [3.63, 3.8) is 0 Å². The first-order valence-electron chi connectivity index (χ1n) is 25.0. The van der Waals surface area contributed by atoms with E-state index in [2.05, 4.69) is 165 Å². The van der Waals surface area contributed by atoms with E-state index < -0.39 is 0 Å². The summed E-state index contributed by atoms with van der Waals surface area (Å²) in [6.45, 7) is 6.82. The van der Waals surface area contributed by atoms with Crippen LogP contribution in [0.1, 0.15) is 22.3 Å². The largest absolute Gasteiger partial charge is 0.506 e. The molecule has 0 aliphatic heterocycles. The molecule has 12 rings (SSSR count). The molecule has 0 unspecified atom stereocenters. The number of benzene rings is 9. The first-order valence-corrected chi connectivity index (χ1v) is 27.8. The number of aromatic hydroxyl groups is 3. The summed E-state index contributed by atoms with van der Waals surface area (Å²) >= 11 is 3.57. The fourth-order valence-corrected chi connectivity index (χ4v) is 11.1. The van der Waals surface area contributed by atoms with Crippen LogP contribution in [0, 0.1) is 13.8 Å². The SMILES string of the molecule is CSCCN.CSCCN(Cc1cccc(-n2c3ccccc3c3ccccc32)c1O)Cc1cc(C)cc(-n2c3ccccc3c3ccccc32)c1O.Cc1ccc(O)c(-n2c3ccccc3c3ccccc32)c1. The Morgan fingerprint density at radius 3 is 1.23 bits per heavy atom. The van der Waals surface area contributed by atoms with Crippen LogP contribution >= 0.6 is 23.5 Å². The van der Waals surface area contributed by atoms with E-state index in [1.165, 1.54) is 10.8 Å². The van der Waals surface area contributed by atoms with Crippen molar-refractivity contribution in [1.82, 2.24) is 18.6 Å². The Balaban J connectivity index is 0.000000198. The van der Waals surface area contributed by atoms with Crippen molar-refractivity contribution in [2.75, 3.05) is 37.1 Å². The standard InChI is InChI=1S/C42H37N3O2S.C19H15NO.C3H9NS/c1-28-24-30(42(47)40(25-28)45-37-19-9-5-15-33(37)34-16-6-10-20-38(34)45)27-43(22-23-48-2)26-29-12-11-21-39(41(29)46)44-35-17-7-3-13-31(35)32-14-4-8-18-36(32)44;1-13-10-11-19(21)18(12-13)20-16-8-4-2-6-14(16)15-7-3-5-9-17(15)20;1-5-3-2-4/h3-21,24-25,46-47H,22-23,26-27H2,1-2H3;2-12,21H,1H3;2-4H2,1H3. The fourth-order valence-electron chi connectivity index (χ4n) is 10.4. The highest BCUT2D eigenvalue weighted by Crippen LogP contribution is 2.40. The molecule has 0 saturated carbocycles. The normalized spacial score (nSPS) is 11.5. The van der Waals surface area contributed by atoms with Gasteiger partial charge in [0.15, 0.2) is 0 Å². The number of rotatable bonds is 12. The molecular formula is C64H61N5O3S2. The molecule has 0 fully saturated rings. The van der Waals surface area contributed by atoms with E-state index in [9.17, 15) is 15.3 Å². The number of hydrogen-bond donors (Lipinski definition) is 4. The van der Waals surface area contributed by atoms with Crippen LogP contribution in [0.15, 0.2) is 194 Å². The van der Waals surface area contributed by atoms with Gasteiger partial charge in [0.25, 0.3) is 0 Å². The van der Waals surface area contributed by atoms with Gasteiger partial charge in [-0.1, -0.05) is 133 Å². The highest BCUT2D eigenvalue weighted by Gasteiger charge is 2.22. The van der Waals surface area contributed by atoms with Gasteiger partial charge in [-0.15, -0.1) is 0 Å². The summed E-state index contributed by atoms with van der Waals surface area (Å²) in [6.07, 6.45) is 4.16. The molecule has 3 aromatic heterocycles. The first kappa shape index (κ1) is 50.0. The first-order chi connectivity index (χ1) is 36.2. The summed E-state index contributed by atoms with van der Waals surface area (Å²) in [7, 11) is 0. The Morgan fingerprint density at radius 2 is 0.797 bits per heavy atom.